The third-order valence-electron chi connectivity index (χ3n) is 6.11. The van der Waals surface area contributed by atoms with E-state index in [4.69, 9.17) is 4.74 Å². The van der Waals surface area contributed by atoms with Crippen molar-refractivity contribution < 1.29 is 14.3 Å². The third-order valence-corrected chi connectivity index (χ3v) is 6.89. The van der Waals surface area contributed by atoms with Crippen molar-refractivity contribution in [1.29, 1.82) is 5.26 Å². The van der Waals surface area contributed by atoms with E-state index in [1.807, 2.05) is 6.26 Å². The number of fused-ring (bicyclic) bond motifs is 5. The molecule has 26 heavy (non-hydrogen) atoms. The van der Waals surface area contributed by atoms with E-state index in [9.17, 15) is 20.4 Å². The molecule has 0 saturated carbocycles. The molecule has 2 amide bonds. The van der Waals surface area contributed by atoms with Crippen molar-refractivity contribution in [3.8, 4) is 6.07 Å². The van der Waals surface area contributed by atoms with Crippen molar-refractivity contribution in [2.24, 2.45) is 11.0 Å². The number of carbonyl (C=O) groups excluding carboxylic acids is 2. The number of carbonyl (C=O) groups is 2. The zero-order valence-electron chi connectivity index (χ0n) is 14.6. The van der Waals surface area contributed by atoms with Crippen molar-refractivity contribution in [3.63, 3.8) is 0 Å². The average molecular weight is 369 g/mol. The van der Waals surface area contributed by atoms with Crippen LogP contribution in [-0.4, -0.2) is 34.8 Å². The highest BCUT2D eigenvalue weighted by Gasteiger charge is 2.80. The molecular weight excluding hydrogens is 352 g/mol. The molecule has 134 valence electrons. The number of imide groups is 1. The Bertz CT molecular complexity index is 912. The highest BCUT2D eigenvalue weighted by Crippen LogP contribution is 2.64. The minimum absolute atomic E-state index is 0.382. The lowest BCUT2D eigenvalue weighted by Crippen LogP contribution is -2.57. The molecule has 3 aliphatic heterocycles. The van der Waals surface area contributed by atoms with Gasteiger partial charge in [-0.1, -0.05) is 0 Å². The van der Waals surface area contributed by atoms with Gasteiger partial charge in [-0.25, -0.2) is 4.90 Å². The van der Waals surface area contributed by atoms with E-state index in [1.165, 1.54) is 11.8 Å². The summed E-state index contributed by atoms with van der Waals surface area (Å²) in [6.07, 6.45) is 2.99. The Balaban J connectivity index is 1.87. The average Bonchev–Trinajstić information content (AvgIpc) is 3.15. The Morgan fingerprint density at radius 1 is 1.38 bits per heavy atom. The summed E-state index contributed by atoms with van der Waals surface area (Å²) in [4.78, 5) is 28.3. The molecule has 0 aromatic heterocycles. The summed E-state index contributed by atoms with van der Waals surface area (Å²) in [6.45, 7) is 3.54. The number of amides is 2. The number of benzene rings is 1. The molecular formula is C18H17N4O3S-. The molecule has 1 aromatic rings. The van der Waals surface area contributed by atoms with Gasteiger partial charge in [0.05, 0.1) is 22.5 Å². The molecule has 0 spiro atoms. The molecule has 3 heterocycles. The number of nitrogens with zero attached hydrogens (tertiary/aromatic N) is 4. The molecule has 0 N–H and O–H groups in total. The Morgan fingerprint density at radius 2 is 2.12 bits per heavy atom. The van der Waals surface area contributed by atoms with Gasteiger partial charge < -0.3 is 15.4 Å². The number of anilines is 1. The van der Waals surface area contributed by atoms with Gasteiger partial charge in [-0.2, -0.15) is 5.26 Å². The highest BCUT2D eigenvalue weighted by atomic mass is 32.2. The number of thioether (sulfide) groups is 1. The van der Waals surface area contributed by atoms with Gasteiger partial charge in [0.25, 0.3) is 5.91 Å². The van der Waals surface area contributed by atoms with Crippen LogP contribution in [0.15, 0.2) is 28.2 Å². The summed E-state index contributed by atoms with van der Waals surface area (Å²) in [5.74, 6) is -1.85. The number of hydrogen-bond acceptors (Lipinski definition) is 6. The first-order chi connectivity index (χ1) is 12.3. The van der Waals surface area contributed by atoms with Gasteiger partial charge in [0.2, 0.25) is 5.91 Å². The zero-order chi connectivity index (χ0) is 18.9. The molecule has 7 nitrogen and oxygen atoms in total. The van der Waals surface area contributed by atoms with Crippen LogP contribution < -0.4 is 4.90 Å². The van der Waals surface area contributed by atoms with Crippen molar-refractivity contribution in [2.45, 2.75) is 48.3 Å². The smallest absolute Gasteiger partial charge is 0.263 e. The van der Waals surface area contributed by atoms with Crippen LogP contribution in [0.25, 0.3) is 5.53 Å². The van der Waals surface area contributed by atoms with E-state index in [0.717, 1.165) is 4.90 Å². The fourth-order valence-electron chi connectivity index (χ4n) is 4.87. The molecule has 2 bridgehead atoms. The van der Waals surface area contributed by atoms with E-state index in [0.29, 0.717) is 29.0 Å². The fourth-order valence-corrected chi connectivity index (χ4v) is 5.45. The maximum Gasteiger partial charge on any atom is 0.263 e. The van der Waals surface area contributed by atoms with Crippen LogP contribution in [0.5, 0.6) is 0 Å². The molecule has 3 saturated heterocycles. The first-order valence-corrected chi connectivity index (χ1v) is 9.53. The van der Waals surface area contributed by atoms with Gasteiger partial charge >= 0.3 is 0 Å². The Kier molecular flexibility index (Phi) is 3.40. The van der Waals surface area contributed by atoms with Crippen molar-refractivity contribution in [2.75, 3.05) is 11.2 Å². The van der Waals surface area contributed by atoms with Gasteiger partial charge in [-0.05, 0) is 51.1 Å². The van der Waals surface area contributed by atoms with Crippen LogP contribution >= 0.6 is 11.8 Å². The van der Waals surface area contributed by atoms with Crippen molar-refractivity contribution >= 4 is 29.3 Å². The summed E-state index contributed by atoms with van der Waals surface area (Å²) >= 11 is 1.36. The second-order valence-corrected chi connectivity index (χ2v) is 8.27. The van der Waals surface area contributed by atoms with Crippen LogP contribution in [-0.2, 0) is 14.3 Å². The Hall–Kier alpha value is -2.24. The first kappa shape index (κ1) is 17.2. The Labute approximate surface area is 155 Å². The van der Waals surface area contributed by atoms with E-state index >= 15 is 0 Å². The first-order valence-electron chi connectivity index (χ1n) is 8.31. The van der Waals surface area contributed by atoms with Crippen molar-refractivity contribution in [1.82, 2.24) is 0 Å². The van der Waals surface area contributed by atoms with Crippen LogP contribution in [0.3, 0.4) is 0 Å². The summed E-state index contributed by atoms with van der Waals surface area (Å²) < 4.78 is 6.05. The molecule has 8 heteroatoms. The minimum atomic E-state index is -1.62. The zero-order valence-corrected chi connectivity index (χ0v) is 15.5. The van der Waals surface area contributed by atoms with E-state index in [2.05, 4.69) is 11.2 Å². The molecule has 3 aliphatic rings. The molecule has 1 aromatic carbocycles. The predicted octanol–water partition coefficient (Wildman–Crippen LogP) is 2.87. The van der Waals surface area contributed by atoms with Crippen LogP contribution in [0, 0.1) is 17.2 Å². The second kappa shape index (κ2) is 5.15. The van der Waals surface area contributed by atoms with E-state index in [-0.39, 0.29) is 0 Å². The summed E-state index contributed by atoms with van der Waals surface area (Å²) in [6, 6.07) is 6.91. The highest BCUT2D eigenvalue weighted by molar-refractivity contribution is 7.98. The minimum Gasteiger partial charge on any atom is -0.711 e. The number of hydrogen-bond donors (Lipinski definition) is 0. The topological polar surface area (TPSA) is 105 Å². The van der Waals surface area contributed by atoms with Gasteiger partial charge in [0, 0.05) is 4.90 Å². The molecule has 3 fully saturated rings. The van der Waals surface area contributed by atoms with Gasteiger partial charge in [-0.3, -0.25) is 9.59 Å². The number of ether oxygens (including phenoxy) is 1. The third kappa shape index (κ3) is 1.72. The van der Waals surface area contributed by atoms with Gasteiger partial charge in [-0.15, -0.1) is 11.8 Å². The Morgan fingerprint density at radius 3 is 2.69 bits per heavy atom. The van der Waals surface area contributed by atoms with Crippen LogP contribution in [0.1, 0.15) is 32.3 Å². The monoisotopic (exact) mass is 369 g/mol. The van der Waals surface area contributed by atoms with Gasteiger partial charge in [0.15, 0.2) is 5.54 Å². The normalized spacial score (nSPS) is 37.8. The standard InChI is InChI=1S/C18H17N4O3S/c1-16-6-7-17(2,25-16)18(21-20)13(16)14(23)22(15(18)24)11-5-4-10(9-19)12(8-11)26-3/h4-5,8,13H,6-7H2,1-3H3/q-1/t13?,16?,17?,18-/m1/s1. The summed E-state index contributed by atoms with van der Waals surface area (Å²) in [7, 11) is 0. The SMILES string of the molecule is CSc1cc(N2C(=O)C3C4(C)CCC(C)(O4)[C@]3(N=[N-])C2=O)ccc1C#N. The molecule has 0 radical (unpaired) electrons. The lowest BCUT2D eigenvalue weighted by molar-refractivity contribution is -0.130. The second-order valence-electron chi connectivity index (χ2n) is 7.42. The maximum absolute atomic E-state index is 13.3. The number of nitriles is 1. The molecule has 4 atom stereocenters. The number of rotatable bonds is 3. The van der Waals surface area contributed by atoms with Crippen molar-refractivity contribution in [3.05, 3.63) is 29.3 Å². The summed E-state index contributed by atoms with van der Waals surface area (Å²) in [5, 5.41) is 12.7. The molecule has 3 unspecified atom stereocenters. The fraction of sp³-hybridized carbons (Fsp3) is 0.500. The quantitative estimate of drug-likeness (QED) is 0.463. The lowest BCUT2D eigenvalue weighted by Gasteiger charge is -2.39. The van der Waals surface area contributed by atoms with E-state index in [1.54, 1.807) is 32.0 Å². The van der Waals surface area contributed by atoms with Crippen LogP contribution in [0.4, 0.5) is 5.69 Å². The maximum atomic E-state index is 13.3. The molecule has 0 aliphatic carbocycles. The lowest BCUT2D eigenvalue weighted by atomic mass is 9.64. The molecule has 4 rings (SSSR count). The summed E-state index contributed by atoms with van der Waals surface area (Å²) in [5.41, 5.74) is 7.25. The van der Waals surface area contributed by atoms with E-state index < -0.39 is 34.5 Å². The predicted molar refractivity (Wildman–Crippen MR) is 94.6 cm³/mol. The van der Waals surface area contributed by atoms with Gasteiger partial charge in [0.1, 0.15) is 12.0 Å². The van der Waals surface area contributed by atoms with Crippen LogP contribution in [0.2, 0.25) is 0 Å². The largest absolute Gasteiger partial charge is 0.711 e.